The minimum atomic E-state index is -0.195. The lowest BCUT2D eigenvalue weighted by Crippen LogP contribution is -2.19. The number of aryl methyl sites for hydroxylation is 1. The second kappa shape index (κ2) is 5.96. The zero-order chi connectivity index (χ0) is 15.0. The topological polar surface area (TPSA) is 17.8 Å². The van der Waals surface area contributed by atoms with Crippen molar-refractivity contribution in [2.75, 3.05) is 0 Å². The van der Waals surface area contributed by atoms with Crippen LogP contribution in [-0.2, 0) is 12.4 Å². The Labute approximate surface area is 130 Å². The van der Waals surface area contributed by atoms with Crippen LogP contribution in [0.3, 0.4) is 0 Å². The van der Waals surface area contributed by atoms with Gasteiger partial charge in [-0.15, -0.1) is 11.6 Å². The van der Waals surface area contributed by atoms with Crippen molar-refractivity contribution in [1.82, 2.24) is 9.55 Å². The fourth-order valence-electron chi connectivity index (χ4n) is 3.59. The molecule has 3 rings (SSSR count). The molecule has 0 bridgehead atoms. The van der Waals surface area contributed by atoms with Gasteiger partial charge in [-0.3, -0.25) is 0 Å². The van der Waals surface area contributed by atoms with Crippen molar-refractivity contribution in [3.05, 3.63) is 29.3 Å². The lowest BCUT2D eigenvalue weighted by molar-refractivity contribution is 0.257. The van der Waals surface area contributed by atoms with E-state index in [1.165, 1.54) is 31.7 Å². The molecule has 21 heavy (non-hydrogen) atoms. The van der Waals surface area contributed by atoms with Crippen LogP contribution in [0, 0.1) is 24.6 Å². The van der Waals surface area contributed by atoms with E-state index in [0.29, 0.717) is 17.4 Å². The molecule has 4 heteroatoms. The highest BCUT2D eigenvalue weighted by Crippen LogP contribution is 2.31. The van der Waals surface area contributed by atoms with Gasteiger partial charge in [-0.1, -0.05) is 19.8 Å². The zero-order valence-electron chi connectivity index (χ0n) is 12.7. The summed E-state index contributed by atoms with van der Waals surface area (Å²) in [4.78, 5) is 4.51. The van der Waals surface area contributed by atoms with Gasteiger partial charge >= 0.3 is 0 Å². The maximum Gasteiger partial charge on any atom is 0.128 e. The molecule has 2 nitrogen and oxygen atoms in total. The first-order valence-electron chi connectivity index (χ1n) is 7.79. The Hall–Kier alpha value is -1.09. The lowest BCUT2D eigenvalue weighted by atomic mass is 9.82. The summed E-state index contributed by atoms with van der Waals surface area (Å²) in [5.74, 6) is 2.52. The molecule has 0 aliphatic heterocycles. The minimum Gasteiger partial charge on any atom is -0.327 e. The molecule has 1 fully saturated rings. The third-order valence-electron chi connectivity index (χ3n) is 4.71. The van der Waals surface area contributed by atoms with E-state index in [1.54, 1.807) is 6.92 Å². The summed E-state index contributed by atoms with van der Waals surface area (Å²) in [6, 6.07) is 3.43. The average Bonchev–Trinajstić information content (AvgIpc) is 2.77. The van der Waals surface area contributed by atoms with E-state index in [0.717, 1.165) is 29.3 Å². The Morgan fingerprint density at radius 2 is 2.19 bits per heavy atom. The number of aromatic nitrogens is 2. The van der Waals surface area contributed by atoms with E-state index < -0.39 is 0 Å². The third-order valence-corrected chi connectivity index (χ3v) is 4.95. The maximum atomic E-state index is 13.7. The van der Waals surface area contributed by atoms with Crippen molar-refractivity contribution in [2.45, 2.75) is 52.0 Å². The molecule has 114 valence electrons. The molecule has 1 aromatic heterocycles. The second-order valence-electron chi connectivity index (χ2n) is 6.50. The van der Waals surface area contributed by atoms with Gasteiger partial charge < -0.3 is 4.57 Å². The molecule has 1 saturated carbocycles. The number of imidazole rings is 1. The Morgan fingerprint density at radius 1 is 1.38 bits per heavy atom. The molecule has 0 radical (unpaired) electrons. The van der Waals surface area contributed by atoms with Crippen LogP contribution in [0.2, 0.25) is 0 Å². The monoisotopic (exact) mass is 308 g/mol. The van der Waals surface area contributed by atoms with Crippen molar-refractivity contribution >= 4 is 22.6 Å². The Kier molecular flexibility index (Phi) is 4.21. The van der Waals surface area contributed by atoms with E-state index in [-0.39, 0.29) is 5.82 Å². The molecule has 0 amide bonds. The number of benzene rings is 1. The first-order valence-corrected chi connectivity index (χ1v) is 8.33. The van der Waals surface area contributed by atoms with Crippen LogP contribution in [0.25, 0.3) is 11.0 Å². The van der Waals surface area contributed by atoms with Crippen molar-refractivity contribution in [1.29, 1.82) is 0 Å². The van der Waals surface area contributed by atoms with Crippen LogP contribution in [0.5, 0.6) is 0 Å². The molecule has 1 aliphatic rings. The first-order chi connectivity index (χ1) is 10.1. The van der Waals surface area contributed by atoms with E-state index in [2.05, 4.69) is 16.5 Å². The molecule has 2 atom stereocenters. The van der Waals surface area contributed by atoms with Gasteiger partial charge in [0.15, 0.2) is 0 Å². The number of hydrogen-bond acceptors (Lipinski definition) is 1. The third kappa shape index (κ3) is 2.94. The van der Waals surface area contributed by atoms with Gasteiger partial charge in [-0.25, -0.2) is 9.37 Å². The van der Waals surface area contributed by atoms with Crippen LogP contribution in [0.4, 0.5) is 4.39 Å². The smallest absolute Gasteiger partial charge is 0.128 e. The van der Waals surface area contributed by atoms with Crippen LogP contribution in [-0.4, -0.2) is 9.55 Å². The summed E-state index contributed by atoms with van der Waals surface area (Å²) in [6.45, 7) is 5.09. The fourth-order valence-corrected chi connectivity index (χ4v) is 3.79. The second-order valence-corrected chi connectivity index (χ2v) is 6.77. The van der Waals surface area contributed by atoms with Crippen LogP contribution in [0.15, 0.2) is 12.1 Å². The van der Waals surface area contributed by atoms with Crippen LogP contribution in [0.1, 0.15) is 44.0 Å². The summed E-state index contributed by atoms with van der Waals surface area (Å²) in [5.41, 5.74) is 2.40. The highest BCUT2D eigenvalue weighted by Gasteiger charge is 2.21. The molecule has 2 aromatic rings. The summed E-state index contributed by atoms with van der Waals surface area (Å²) >= 11 is 6.05. The largest absolute Gasteiger partial charge is 0.327 e. The number of fused-ring (bicyclic) bond motifs is 1. The minimum absolute atomic E-state index is 0.195. The Balaban J connectivity index is 1.97. The number of nitrogens with zero attached hydrogens (tertiary/aromatic N) is 2. The van der Waals surface area contributed by atoms with Gasteiger partial charge in [0.2, 0.25) is 0 Å². The molecular weight excluding hydrogens is 287 g/mol. The molecular formula is C17H22ClFN2. The lowest BCUT2D eigenvalue weighted by Gasteiger charge is -2.27. The maximum absolute atomic E-state index is 13.7. The van der Waals surface area contributed by atoms with Crippen molar-refractivity contribution in [3.8, 4) is 0 Å². The highest BCUT2D eigenvalue weighted by atomic mass is 35.5. The SMILES string of the molecule is Cc1cc2c(cc1F)nc(CCl)n2CC1CCCC(C)C1. The van der Waals surface area contributed by atoms with Gasteiger partial charge in [-0.05, 0) is 43.2 Å². The predicted molar refractivity (Wildman–Crippen MR) is 85.1 cm³/mol. The standard InChI is InChI=1S/C17H22ClFN2/c1-11-4-3-5-13(6-11)10-21-16-7-12(2)14(19)8-15(16)20-17(21)9-18/h7-8,11,13H,3-6,9-10H2,1-2H3. The Morgan fingerprint density at radius 3 is 2.90 bits per heavy atom. The molecule has 2 unspecified atom stereocenters. The van der Waals surface area contributed by atoms with Crippen LogP contribution >= 0.6 is 11.6 Å². The quantitative estimate of drug-likeness (QED) is 0.726. The Bertz CT molecular complexity index is 650. The van der Waals surface area contributed by atoms with Crippen LogP contribution < -0.4 is 0 Å². The van der Waals surface area contributed by atoms with Gasteiger partial charge in [0.25, 0.3) is 0 Å². The molecule has 0 N–H and O–H groups in total. The van der Waals surface area contributed by atoms with Crippen molar-refractivity contribution < 1.29 is 4.39 Å². The summed E-state index contributed by atoms with van der Waals surface area (Å²) in [6.07, 6.45) is 5.18. The summed E-state index contributed by atoms with van der Waals surface area (Å²) in [7, 11) is 0. The van der Waals surface area contributed by atoms with Gasteiger partial charge in [0.1, 0.15) is 11.6 Å². The van der Waals surface area contributed by atoms with Crippen molar-refractivity contribution in [2.24, 2.45) is 11.8 Å². The summed E-state index contributed by atoms with van der Waals surface area (Å²) in [5, 5.41) is 0. The fraction of sp³-hybridized carbons (Fsp3) is 0.588. The first kappa shape index (κ1) is 14.8. The van der Waals surface area contributed by atoms with Gasteiger partial charge in [0, 0.05) is 12.6 Å². The molecule has 0 spiro atoms. The van der Waals surface area contributed by atoms with E-state index >= 15 is 0 Å². The van der Waals surface area contributed by atoms with E-state index in [1.807, 2.05) is 6.07 Å². The van der Waals surface area contributed by atoms with E-state index in [4.69, 9.17) is 11.6 Å². The molecule has 1 heterocycles. The number of halogens is 2. The highest BCUT2D eigenvalue weighted by molar-refractivity contribution is 6.16. The average molecular weight is 309 g/mol. The molecule has 1 aromatic carbocycles. The molecule has 0 saturated heterocycles. The van der Waals surface area contributed by atoms with Crippen molar-refractivity contribution in [3.63, 3.8) is 0 Å². The normalized spacial score (nSPS) is 22.9. The number of alkyl halides is 1. The zero-order valence-corrected chi connectivity index (χ0v) is 13.5. The predicted octanol–water partition coefficient (Wildman–Crippen LogP) is 5.05. The molecule has 1 aliphatic carbocycles. The van der Waals surface area contributed by atoms with E-state index in [9.17, 15) is 4.39 Å². The number of hydrogen-bond donors (Lipinski definition) is 0. The summed E-state index contributed by atoms with van der Waals surface area (Å²) < 4.78 is 15.9. The number of rotatable bonds is 3. The van der Waals surface area contributed by atoms with Gasteiger partial charge in [-0.2, -0.15) is 0 Å². The van der Waals surface area contributed by atoms with Gasteiger partial charge in [0.05, 0.1) is 16.9 Å².